The van der Waals surface area contributed by atoms with Crippen LogP contribution >= 0.6 is 15.9 Å². The summed E-state index contributed by atoms with van der Waals surface area (Å²) in [4.78, 5) is 23.4. The fourth-order valence-electron chi connectivity index (χ4n) is 1.61. The van der Waals surface area contributed by atoms with Gasteiger partial charge in [0.15, 0.2) is 0 Å². The summed E-state index contributed by atoms with van der Waals surface area (Å²) in [5, 5.41) is 11.6. The second-order valence-corrected chi connectivity index (χ2v) is 4.96. The van der Waals surface area contributed by atoms with Gasteiger partial charge in [0, 0.05) is 30.5 Å². The Balaban J connectivity index is 2.63. The highest BCUT2D eigenvalue weighted by Crippen LogP contribution is 2.04. The summed E-state index contributed by atoms with van der Waals surface area (Å²) in [6, 6.07) is 2.75. The largest absolute Gasteiger partial charge is 0.396 e. The number of aliphatic hydroxyl groups excluding tert-OH is 1. The lowest BCUT2D eigenvalue weighted by atomic mass is 10.2. The third-order valence-electron chi connectivity index (χ3n) is 2.47. The number of halogens is 1. The van der Waals surface area contributed by atoms with Gasteiger partial charge in [-0.05, 0) is 28.4 Å². The number of carbonyl (C=O) groups excluding carboxylic acids is 1. The lowest BCUT2D eigenvalue weighted by Gasteiger charge is -2.17. The molecule has 0 saturated heterocycles. The Morgan fingerprint density at radius 2 is 2.32 bits per heavy atom. The molecule has 1 unspecified atom stereocenters. The van der Waals surface area contributed by atoms with E-state index in [1.54, 1.807) is 12.3 Å². The summed E-state index contributed by atoms with van der Waals surface area (Å²) < 4.78 is 6.98. The number of aliphatic hydroxyl groups is 1. The molecule has 0 fully saturated rings. The third-order valence-corrected chi connectivity index (χ3v) is 2.94. The highest BCUT2D eigenvalue weighted by Gasteiger charge is 2.12. The number of nitrogens with one attached hydrogen (secondary N) is 1. The Bertz CT molecular complexity index is 469. The first kappa shape index (κ1) is 15.9. The van der Waals surface area contributed by atoms with Crippen LogP contribution in [0.1, 0.15) is 6.42 Å². The minimum atomic E-state index is -0.296. The van der Waals surface area contributed by atoms with E-state index in [1.165, 1.54) is 17.7 Å². The number of aromatic nitrogens is 1. The van der Waals surface area contributed by atoms with Gasteiger partial charge in [0.05, 0.1) is 12.6 Å². The number of ether oxygens (including phenoxy) is 1. The first-order valence-electron chi connectivity index (χ1n) is 5.82. The maximum atomic E-state index is 11.8. The summed E-state index contributed by atoms with van der Waals surface area (Å²) >= 11 is 3.24. The zero-order valence-corrected chi connectivity index (χ0v) is 12.2. The first-order chi connectivity index (χ1) is 9.06. The lowest BCUT2D eigenvalue weighted by molar-refractivity contribution is -0.122. The molecular weight excluding hydrogens is 316 g/mol. The van der Waals surface area contributed by atoms with E-state index < -0.39 is 0 Å². The van der Waals surface area contributed by atoms with Crippen LogP contribution in [0.4, 0.5) is 0 Å². The number of methoxy groups -OCH3 is 1. The molecule has 6 nitrogen and oxygen atoms in total. The van der Waals surface area contributed by atoms with E-state index in [-0.39, 0.29) is 30.7 Å². The minimum Gasteiger partial charge on any atom is -0.396 e. The lowest BCUT2D eigenvalue weighted by Crippen LogP contribution is -2.41. The number of amides is 1. The van der Waals surface area contributed by atoms with Crippen LogP contribution in [0.2, 0.25) is 0 Å². The van der Waals surface area contributed by atoms with E-state index in [1.807, 2.05) is 0 Å². The fourth-order valence-corrected chi connectivity index (χ4v) is 1.99. The van der Waals surface area contributed by atoms with Gasteiger partial charge < -0.3 is 19.7 Å². The van der Waals surface area contributed by atoms with E-state index in [0.29, 0.717) is 13.0 Å². The van der Waals surface area contributed by atoms with Gasteiger partial charge >= 0.3 is 0 Å². The molecule has 1 aromatic heterocycles. The van der Waals surface area contributed by atoms with Gasteiger partial charge in [0.25, 0.3) is 5.56 Å². The van der Waals surface area contributed by atoms with Crippen LogP contribution < -0.4 is 10.9 Å². The number of hydrogen-bond acceptors (Lipinski definition) is 4. The molecule has 19 heavy (non-hydrogen) atoms. The molecule has 0 saturated carbocycles. The quantitative estimate of drug-likeness (QED) is 0.743. The van der Waals surface area contributed by atoms with Crippen LogP contribution in [0.25, 0.3) is 0 Å². The normalized spacial score (nSPS) is 12.2. The van der Waals surface area contributed by atoms with Crippen LogP contribution in [-0.2, 0) is 16.1 Å². The average molecular weight is 333 g/mol. The van der Waals surface area contributed by atoms with Crippen LogP contribution in [0.5, 0.6) is 0 Å². The summed E-state index contributed by atoms with van der Waals surface area (Å²) in [5.41, 5.74) is -0.246. The van der Waals surface area contributed by atoms with Crippen molar-refractivity contribution in [2.24, 2.45) is 0 Å². The second kappa shape index (κ2) is 8.08. The van der Waals surface area contributed by atoms with Crippen molar-refractivity contribution in [3.8, 4) is 0 Å². The smallest absolute Gasteiger partial charge is 0.251 e. The van der Waals surface area contributed by atoms with Crippen LogP contribution in [0, 0.1) is 0 Å². The second-order valence-electron chi connectivity index (χ2n) is 4.05. The Kier molecular flexibility index (Phi) is 6.75. The van der Waals surface area contributed by atoms with E-state index in [0.717, 1.165) is 4.47 Å². The van der Waals surface area contributed by atoms with Gasteiger partial charge in [-0.1, -0.05) is 0 Å². The van der Waals surface area contributed by atoms with Crippen molar-refractivity contribution in [2.45, 2.75) is 19.0 Å². The van der Waals surface area contributed by atoms with Crippen molar-refractivity contribution >= 4 is 21.8 Å². The summed E-state index contributed by atoms with van der Waals surface area (Å²) in [5.74, 6) is -0.296. The molecule has 0 aliphatic heterocycles. The Morgan fingerprint density at radius 3 is 2.95 bits per heavy atom. The van der Waals surface area contributed by atoms with Gasteiger partial charge in [0.2, 0.25) is 5.91 Å². The number of hydrogen-bond donors (Lipinski definition) is 2. The maximum absolute atomic E-state index is 11.8. The molecule has 0 radical (unpaired) electrons. The molecule has 7 heteroatoms. The summed E-state index contributed by atoms with van der Waals surface area (Å²) in [6.07, 6.45) is 1.96. The van der Waals surface area contributed by atoms with Gasteiger partial charge in [-0.25, -0.2) is 0 Å². The molecule has 1 amide bonds. The number of nitrogens with zero attached hydrogens (tertiary/aromatic N) is 1. The van der Waals surface area contributed by atoms with Gasteiger partial charge in [-0.15, -0.1) is 0 Å². The van der Waals surface area contributed by atoms with Gasteiger partial charge in [-0.3, -0.25) is 9.59 Å². The molecule has 0 aromatic carbocycles. The maximum Gasteiger partial charge on any atom is 0.251 e. The van der Waals surface area contributed by atoms with Crippen molar-refractivity contribution in [1.82, 2.24) is 9.88 Å². The van der Waals surface area contributed by atoms with E-state index in [4.69, 9.17) is 9.84 Å². The molecular formula is C12H17BrN2O4. The topological polar surface area (TPSA) is 80.6 Å². The molecule has 0 spiro atoms. The Labute approximate surface area is 119 Å². The van der Waals surface area contributed by atoms with Gasteiger partial charge in [-0.2, -0.15) is 0 Å². The molecule has 0 aliphatic carbocycles. The predicted octanol–water partition coefficient (Wildman–Crippen LogP) is 0.124. The number of rotatable bonds is 7. The SMILES string of the molecule is COCC(CCO)NC(=O)Cn1cc(Br)ccc1=O. The fraction of sp³-hybridized carbons (Fsp3) is 0.500. The van der Waals surface area contributed by atoms with E-state index >= 15 is 0 Å². The summed E-state index contributed by atoms with van der Waals surface area (Å²) in [7, 11) is 1.52. The van der Waals surface area contributed by atoms with E-state index in [9.17, 15) is 9.59 Å². The number of pyridine rings is 1. The van der Waals surface area contributed by atoms with Gasteiger partial charge in [0.1, 0.15) is 6.54 Å². The zero-order valence-electron chi connectivity index (χ0n) is 10.6. The van der Waals surface area contributed by atoms with Crippen molar-refractivity contribution in [1.29, 1.82) is 0 Å². The Morgan fingerprint density at radius 1 is 1.58 bits per heavy atom. The van der Waals surface area contributed by atoms with Crippen LogP contribution in [0.3, 0.4) is 0 Å². The van der Waals surface area contributed by atoms with E-state index in [2.05, 4.69) is 21.2 Å². The molecule has 0 bridgehead atoms. The number of carbonyl (C=O) groups is 1. The standard InChI is InChI=1S/C12H17BrN2O4/c1-19-8-10(4-5-16)14-11(17)7-15-6-9(13)2-3-12(15)18/h2-3,6,10,16H,4-5,7-8H2,1H3,(H,14,17). The zero-order chi connectivity index (χ0) is 14.3. The Hall–Kier alpha value is -1.18. The predicted molar refractivity (Wildman–Crippen MR) is 73.9 cm³/mol. The monoisotopic (exact) mass is 332 g/mol. The van der Waals surface area contributed by atoms with Crippen molar-refractivity contribution in [3.05, 3.63) is 33.2 Å². The highest BCUT2D eigenvalue weighted by atomic mass is 79.9. The van der Waals surface area contributed by atoms with Crippen molar-refractivity contribution < 1.29 is 14.6 Å². The molecule has 1 aromatic rings. The molecule has 2 N–H and O–H groups in total. The summed E-state index contributed by atoms with van der Waals surface area (Å²) in [6.45, 7) is 0.217. The molecule has 1 atom stereocenters. The van der Waals surface area contributed by atoms with Crippen LogP contribution in [-0.4, -0.2) is 41.9 Å². The first-order valence-corrected chi connectivity index (χ1v) is 6.61. The molecule has 0 aliphatic rings. The molecule has 106 valence electrons. The highest BCUT2D eigenvalue weighted by molar-refractivity contribution is 9.10. The molecule has 1 rings (SSSR count). The average Bonchev–Trinajstić information content (AvgIpc) is 2.34. The third kappa shape index (κ3) is 5.54. The molecule has 1 heterocycles. The van der Waals surface area contributed by atoms with Crippen LogP contribution in [0.15, 0.2) is 27.6 Å². The van der Waals surface area contributed by atoms with Crippen molar-refractivity contribution in [3.63, 3.8) is 0 Å². The van der Waals surface area contributed by atoms with Crippen molar-refractivity contribution in [2.75, 3.05) is 20.3 Å². The minimum absolute atomic E-state index is 0.0366.